The fraction of sp³-hybridized carbons (Fsp3) is 0.289. The summed E-state index contributed by atoms with van der Waals surface area (Å²) in [4.78, 5) is 43.1. The maximum absolute atomic E-state index is 14.1. The second-order valence-corrected chi connectivity index (χ2v) is 13.4. The number of aryl methyl sites for hydroxylation is 1. The molecule has 6 rings (SSSR count). The fourth-order valence-electron chi connectivity index (χ4n) is 6.20. The van der Waals surface area contributed by atoms with E-state index in [2.05, 4.69) is 25.6 Å². The molecule has 1 saturated heterocycles. The van der Waals surface area contributed by atoms with Gasteiger partial charge < -0.3 is 20.6 Å². The van der Waals surface area contributed by atoms with Crippen molar-refractivity contribution in [1.29, 1.82) is 0 Å². The largest absolute Gasteiger partial charge is 0.416 e. The molecule has 3 heterocycles. The summed E-state index contributed by atoms with van der Waals surface area (Å²) in [5.74, 6) is -0.744. The molecule has 9 nitrogen and oxygen atoms in total. The molecule has 264 valence electrons. The number of carbonyl (C=O) groups is 2. The van der Waals surface area contributed by atoms with Gasteiger partial charge in [0.15, 0.2) is 0 Å². The van der Waals surface area contributed by atoms with Crippen LogP contribution in [0, 0.1) is 6.92 Å². The maximum atomic E-state index is 14.1. The third-order valence-electron chi connectivity index (χ3n) is 8.75. The number of benzene rings is 3. The number of aliphatic hydroxyl groups is 1. The minimum absolute atomic E-state index is 0.00994. The van der Waals surface area contributed by atoms with Gasteiger partial charge in [0.25, 0.3) is 11.8 Å². The van der Waals surface area contributed by atoms with Crippen molar-refractivity contribution in [2.75, 3.05) is 13.1 Å². The summed E-state index contributed by atoms with van der Waals surface area (Å²) < 4.78 is 39.7. The van der Waals surface area contributed by atoms with Crippen LogP contribution in [0.15, 0.2) is 96.8 Å². The van der Waals surface area contributed by atoms with Gasteiger partial charge in [-0.3, -0.25) is 19.6 Å². The molecule has 2 amide bonds. The smallest absolute Gasteiger partial charge is 0.390 e. The Balaban J connectivity index is 1.24. The number of hydrogen-bond donors (Lipinski definition) is 3. The van der Waals surface area contributed by atoms with Crippen molar-refractivity contribution < 1.29 is 27.9 Å². The SMILES string of the molecule is Cc1csc(C2CCCN2C(=O)c2cc(C(=O)N[C@@H](Cc3ccccc3)[C@H](O)CNCc3cccc(C(F)(F)F)c3)cc(-c3cnccn3)c2)n1. The summed E-state index contributed by atoms with van der Waals surface area (Å²) in [6.07, 6.45) is 0.932. The van der Waals surface area contributed by atoms with E-state index in [9.17, 15) is 27.9 Å². The highest BCUT2D eigenvalue weighted by atomic mass is 32.1. The Bertz CT molecular complexity index is 1960. The quantitative estimate of drug-likeness (QED) is 0.137. The molecule has 1 unspecified atom stereocenters. The van der Waals surface area contributed by atoms with E-state index in [1.807, 2.05) is 42.6 Å². The van der Waals surface area contributed by atoms with Crippen LogP contribution in [0.25, 0.3) is 11.3 Å². The number of nitrogens with one attached hydrogen (secondary N) is 2. The van der Waals surface area contributed by atoms with Crippen molar-refractivity contribution in [3.05, 3.63) is 135 Å². The number of amides is 2. The molecule has 1 fully saturated rings. The van der Waals surface area contributed by atoms with Gasteiger partial charge in [-0.1, -0.05) is 48.5 Å². The van der Waals surface area contributed by atoms with Crippen LogP contribution in [0.3, 0.4) is 0 Å². The molecule has 3 aromatic carbocycles. The van der Waals surface area contributed by atoms with Crippen molar-refractivity contribution >= 4 is 23.2 Å². The first-order valence-corrected chi connectivity index (χ1v) is 17.5. The zero-order valence-electron chi connectivity index (χ0n) is 27.8. The first kappa shape index (κ1) is 35.8. The molecule has 0 saturated carbocycles. The number of nitrogens with zero attached hydrogens (tertiary/aromatic N) is 4. The Kier molecular flexibility index (Phi) is 11.2. The number of hydrogen-bond acceptors (Lipinski definition) is 8. The number of rotatable bonds is 12. The molecule has 1 aliphatic heterocycles. The molecule has 0 aliphatic carbocycles. The lowest BCUT2D eigenvalue weighted by atomic mass is 9.98. The van der Waals surface area contributed by atoms with Gasteiger partial charge in [-0.15, -0.1) is 11.3 Å². The van der Waals surface area contributed by atoms with Crippen LogP contribution >= 0.6 is 11.3 Å². The van der Waals surface area contributed by atoms with Crippen molar-refractivity contribution in [2.45, 2.75) is 57.1 Å². The molecule has 0 radical (unpaired) electrons. The first-order valence-electron chi connectivity index (χ1n) is 16.6. The van der Waals surface area contributed by atoms with Gasteiger partial charge in [-0.25, -0.2) is 4.98 Å². The summed E-state index contributed by atoms with van der Waals surface area (Å²) in [6, 6.07) is 18.3. The number of likely N-dealkylation sites (tertiary alicyclic amines) is 1. The van der Waals surface area contributed by atoms with Crippen LogP contribution in [-0.2, 0) is 19.1 Å². The third-order valence-corrected chi connectivity index (χ3v) is 9.82. The van der Waals surface area contributed by atoms with Gasteiger partial charge in [0, 0.05) is 59.8 Å². The second-order valence-electron chi connectivity index (χ2n) is 12.5. The lowest BCUT2D eigenvalue weighted by Gasteiger charge is -2.26. The number of alkyl halides is 3. The van der Waals surface area contributed by atoms with Crippen molar-refractivity contribution in [3.8, 4) is 11.3 Å². The Morgan fingerprint density at radius 3 is 2.53 bits per heavy atom. The van der Waals surface area contributed by atoms with Gasteiger partial charge in [0.05, 0.1) is 35.6 Å². The number of halogens is 3. The highest BCUT2D eigenvalue weighted by Gasteiger charge is 2.34. The number of thiazole rings is 1. The predicted molar refractivity (Wildman–Crippen MR) is 188 cm³/mol. The monoisotopic (exact) mass is 714 g/mol. The average molecular weight is 715 g/mol. The number of aliphatic hydroxyl groups excluding tert-OH is 1. The van der Waals surface area contributed by atoms with E-state index in [4.69, 9.17) is 0 Å². The second kappa shape index (κ2) is 15.9. The zero-order chi connectivity index (χ0) is 36.0. The van der Waals surface area contributed by atoms with Gasteiger partial charge in [-0.2, -0.15) is 13.2 Å². The molecule has 0 bridgehead atoms. The summed E-state index contributed by atoms with van der Waals surface area (Å²) in [5.41, 5.74) is 2.94. The predicted octanol–water partition coefficient (Wildman–Crippen LogP) is 6.40. The minimum Gasteiger partial charge on any atom is -0.390 e. The molecule has 3 atom stereocenters. The highest BCUT2D eigenvalue weighted by Crippen LogP contribution is 2.35. The lowest BCUT2D eigenvalue weighted by molar-refractivity contribution is -0.137. The molecule has 2 aromatic heterocycles. The van der Waals surface area contributed by atoms with E-state index in [0.717, 1.165) is 41.2 Å². The van der Waals surface area contributed by atoms with Gasteiger partial charge in [0.2, 0.25) is 0 Å². The van der Waals surface area contributed by atoms with Gasteiger partial charge in [-0.05, 0) is 61.6 Å². The molecule has 51 heavy (non-hydrogen) atoms. The standard InChI is InChI=1S/C38H37F3N6O3S/c1-24-23-51-36(45-24)33-11-6-14-47(33)37(50)29-18-27(32-21-42-12-13-44-32)17-28(19-29)35(49)46-31(16-25-7-3-2-4-8-25)34(48)22-43-20-26-9-5-10-30(15-26)38(39,40)41/h2-5,7-10,12-13,15,17-19,21,23,31,33-34,43,48H,6,11,14,16,20,22H2,1H3,(H,46,49)/t31-,33?,34+/m0/s1. The molecular formula is C38H37F3N6O3S. The van der Waals surface area contributed by atoms with Crippen LogP contribution < -0.4 is 10.6 Å². The minimum atomic E-state index is -4.47. The Morgan fingerprint density at radius 1 is 1.02 bits per heavy atom. The van der Waals surface area contributed by atoms with Crippen molar-refractivity contribution in [3.63, 3.8) is 0 Å². The van der Waals surface area contributed by atoms with E-state index < -0.39 is 29.8 Å². The van der Waals surface area contributed by atoms with E-state index in [1.54, 1.807) is 35.4 Å². The van der Waals surface area contributed by atoms with Crippen molar-refractivity contribution in [2.24, 2.45) is 0 Å². The molecule has 1 aliphatic rings. The third kappa shape index (κ3) is 9.04. The zero-order valence-corrected chi connectivity index (χ0v) is 28.6. The molecule has 5 aromatic rings. The first-order chi connectivity index (χ1) is 24.5. The van der Waals surface area contributed by atoms with E-state index in [0.29, 0.717) is 28.9 Å². The molecular weight excluding hydrogens is 678 g/mol. The van der Waals surface area contributed by atoms with Crippen molar-refractivity contribution in [1.82, 2.24) is 30.5 Å². The van der Waals surface area contributed by atoms with Crippen LogP contribution in [-0.4, -0.2) is 62.0 Å². The molecule has 0 spiro atoms. The average Bonchev–Trinajstić information content (AvgIpc) is 3.80. The summed E-state index contributed by atoms with van der Waals surface area (Å²) in [7, 11) is 0. The number of aromatic nitrogens is 3. The van der Waals surface area contributed by atoms with Gasteiger partial charge in [0.1, 0.15) is 5.01 Å². The maximum Gasteiger partial charge on any atom is 0.416 e. The van der Waals surface area contributed by atoms with Crippen LogP contribution in [0.4, 0.5) is 13.2 Å². The number of carbonyl (C=O) groups excluding carboxylic acids is 2. The van der Waals surface area contributed by atoms with E-state index >= 15 is 0 Å². The van der Waals surface area contributed by atoms with E-state index in [1.165, 1.54) is 29.8 Å². The molecule has 13 heteroatoms. The summed E-state index contributed by atoms with van der Waals surface area (Å²) in [6.45, 7) is 2.54. The van der Waals surface area contributed by atoms with E-state index in [-0.39, 0.29) is 37.0 Å². The molecule has 3 N–H and O–H groups in total. The lowest BCUT2D eigenvalue weighted by Crippen LogP contribution is -2.48. The van der Waals surface area contributed by atoms with Crippen LogP contribution in [0.1, 0.15) is 67.0 Å². The fourth-order valence-corrected chi connectivity index (χ4v) is 7.15. The Morgan fingerprint density at radius 2 is 1.80 bits per heavy atom. The topological polar surface area (TPSA) is 120 Å². The Labute approximate surface area is 297 Å². The summed E-state index contributed by atoms with van der Waals surface area (Å²) >= 11 is 1.53. The van der Waals surface area contributed by atoms with Crippen LogP contribution in [0.2, 0.25) is 0 Å². The highest BCUT2D eigenvalue weighted by molar-refractivity contribution is 7.09. The van der Waals surface area contributed by atoms with Gasteiger partial charge >= 0.3 is 6.18 Å². The normalized spacial score (nSPS) is 15.8. The summed E-state index contributed by atoms with van der Waals surface area (Å²) in [5, 5.41) is 20.2. The Hall–Kier alpha value is -4.98. The van der Waals surface area contributed by atoms with Crippen LogP contribution in [0.5, 0.6) is 0 Å².